The Morgan fingerprint density at radius 1 is 1.26 bits per heavy atom. The summed E-state index contributed by atoms with van der Waals surface area (Å²) < 4.78 is 28.4. The average molecular weight is 282 g/mol. The van der Waals surface area contributed by atoms with E-state index in [2.05, 4.69) is 19.8 Å². The Labute approximate surface area is 109 Å². The summed E-state index contributed by atoms with van der Waals surface area (Å²) in [5.74, 6) is -0.307. The molecule has 2 aromatic heterocycles. The molecule has 0 atom stereocenters. The van der Waals surface area contributed by atoms with Crippen LogP contribution in [-0.2, 0) is 14.6 Å². The second-order valence-corrected chi connectivity index (χ2v) is 5.66. The van der Waals surface area contributed by atoms with E-state index in [-0.39, 0.29) is 10.6 Å². The predicted octanol–water partition coefficient (Wildman–Crippen LogP) is -0.148. The minimum Gasteiger partial charge on any atom is -0.464 e. The summed E-state index contributed by atoms with van der Waals surface area (Å²) >= 11 is 0. The van der Waals surface area contributed by atoms with E-state index in [0.29, 0.717) is 5.82 Å². The Morgan fingerprint density at radius 3 is 2.47 bits per heavy atom. The third kappa shape index (κ3) is 2.76. The fraction of sp³-hybridized carbons (Fsp3) is 0.200. The van der Waals surface area contributed by atoms with Gasteiger partial charge in [0.1, 0.15) is 4.90 Å². The lowest BCUT2D eigenvalue weighted by Gasteiger charge is -2.00. The minimum absolute atomic E-state index is 0.0572. The van der Waals surface area contributed by atoms with Gasteiger partial charge >= 0.3 is 5.97 Å². The number of sulfone groups is 1. The van der Waals surface area contributed by atoms with Crippen LogP contribution in [0.3, 0.4) is 0 Å². The number of methoxy groups -OCH3 is 1. The Kier molecular flexibility index (Phi) is 3.30. The van der Waals surface area contributed by atoms with Crippen molar-refractivity contribution in [2.75, 3.05) is 13.4 Å². The zero-order chi connectivity index (χ0) is 14.0. The highest BCUT2D eigenvalue weighted by atomic mass is 32.2. The van der Waals surface area contributed by atoms with E-state index >= 15 is 0 Å². The maximum Gasteiger partial charge on any atom is 0.358 e. The molecule has 0 unspecified atom stereocenters. The molecule has 0 fully saturated rings. The summed E-state index contributed by atoms with van der Waals surface area (Å²) in [6.07, 6.45) is 6.14. The first-order chi connectivity index (χ1) is 8.91. The fourth-order valence-electron chi connectivity index (χ4n) is 1.27. The van der Waals surface area contributed by atoms with Gasteiger partial charge in [0.2, 0.25) is 0 Å². The van der Waals surface area contributed by atoms with Crippen molar-refractivity contribution in [3.05, 3.63) is 30.5 Å². The van der Waals surface area contributed by atoms with Gasteiger partial charge in [0.05, 0.1) is 31.9 Å². The Hall–Kier alpha value is -2.29. The number of hydrogen-bond donors (Lipinski definition) is 0. The van der Waals surface area contributed by atoms with Crippen LogP contribution in [0.1, 0.15) is 10.5 Å². The van der Waals surface area contributed by atoms with E-state index in [1.165, 1.54) is 36.6 Å². The number of ether oxygens (including phenoxy) is 1. The van der Waals surface area contributed by atoms with Crippen molar-refractivity contribution in [1.29, 1.82) is 0 Å². The van der Waals surface area contributed by atoms with E-state index in [1.807, 2.05) is 0 Å². The molecule has 0 saturated carbocycles. The smallest absolute Gasteiger partial charge is 0.358 e. The molecular weight excluding hydrogens is 272 g/mol. The van der Waals surface area contributed by atoms with Gasteiger partial charge in [0, 0.05) is 6.26 Å². The number of rotatable bonds is 3. The molecule has 8 nitrogen and oxygen atoms in total. The van der Waals surface area contributed by atoms with E-state index in [4.69, 9.17) is 0 Å². The molecule has 0 N–H and O–H groups in total. The maximum absolute atomic E-state index is 11.3. The first kappa shape index (κ1) is 13.1. The Bertz CT molecular complexity index is 705. The Balaban J connectivity index is 2.33. The van der Waals surface area contributed by atoms with Crippen LogP contribution in [0.15, 0.2) is 29.7 Å². The molecule has 9 heteroatoms. The van der Waals surface area contributed by atoms with Crippen molar-refractivity contribution >= 4 is 15.8 Å². The molecule has 2 aromatic rings. The van der Waals surface area contributed by atoms with Gasteiger partial charge in [-0.2, -0.15) is 5.10 Å². The topological polar surface area (TPSA) is 104 Å². The number of aromatic nitrogens is 4. The normalized spacial score (nSPS) is 11.3. The molecule has 0 aromatic carbocycles. The summed E-state index contributed by atoms with van der Waals surface area (Å²) in [4.78, 5) is 19.1. The van der Waals surface area contributed by atoms with E-state index in [1.54, 1.807) is 0 Å². The molecule has 0 saturated heterocycles. The molecule has 0 radical (unpaired) electrons. The number of nitrogens with zero attached hydrogens (tertiary/aromatic N) is 4. The first-order valence-electron chi connectivity index (χ1n) is 5.07. The minimum atomic E-state index is -3.32. The van der Waals surface area contributed by atoms with Crippen molar-refractivity contribution < 1.29 is 17.9 Å². The zero-order valence-corrected chi connectivity index (χ0v) is 11.0. The highest BCUT2D eigenvalue weighted by Crippen LogP contribution is 2.10. The van der Waals surface area contributed by atoms with Crippen LogP contribution in [0, 0.1) is 0 Å². The van der Waals surface area contributed by atoms with Crippen molar-refractivity contribution in [2.24, 2.45) is 0 Å². The largest absolute Gasteiger partial charge is 0.464 e. The zero-order valence-electron chi connectivity index (χ0n) is 10.1. The van der Waals surface area contributed by atoms with Crippen LogP contribution in [0.25, 0.3) is 5.82 Å². The maximum atomic E-state index is 11.3. The van der Waals surface area contributed by atoms with Gasteiger partial charge < -0.3 is 4.74 Å². The molecular formula is C10H10N4O4S. The van der Waals surface area contributed by atoms with Crippen molar-refractivity contribution in [1.82, 2.24) is 19.7 Å². The fourth-order valence-corrected chi connectivity index (χ4v) is 1.80. The van der Waals surface area contributed by atoms with Gasteiger partial charge in [-0.25, -0.2) is 27.9 Å². The van der Waals surface area contributed by atoms with Crippen molar-refractivity contribution in [3.8, 4) is 5.82 Å². The van der Waals surface area contributed by atoms with Crippen LogP contribution in [0.4, 0.5) is 0 Å². The molecule has 0 aliphatic heterocycles. The summed E-state index contributed by atoms with van der Waals surface area (Å²) in [6.45, 7) is 0. The predicted molar refractivity (Wildman–Crippen MR) is 63.6 cm³/mol. The van der Waals surface area contributed by atoms with Crippen molar-refractivity contribution in [3.63, 3.8) is 0 Å². The lowest BCUT2D eigenvalue weighted by Crippen LogP contribution is -2.07. The first-order valence-corrected chi connectivity index (χ1v) is 6.96. The second-order valence-electron chi connectivity index (χ2n) is 3.64. The third-order valence-corrected chi connectivity index (χ3v) is 3.32. The lowest BCUT2D eigenvalue weighted by molar-refractivity contribution is 0.0593. The number of esters is 1. The van der Waals surface area contributed by atoms with Crippen LogP contribution >= 0.6 is 0 Å². The standard InChI is InChI=1S/C10H10N4O4S/c1-18-10(15)8-4-12-9(5-11-8)14-6-7(3-13-14)19(2,16)17/h3-6H,1-2H3. The average Bonchev–Trinajstić information content (AvgIpc) is 2.87. The van der Waals surface area contributed by atoms with Crippen molar-refractivity contribution in [2.45, 2.75) is 4.90 Å². The van der Waals surface area contributed by atoms with Crippen LogP contribution in [-0.4, -0.2) is 47.5 Å². The molecule has 0 aliphatic carbocycles. The van der Waals surface area contributed by atoms with E-state index in [9.17, 15) is 13.2 Å². The molecule has 0 amide bonds. The molecule has 19 heavy (non-hydrogen) atoms. The molecule has 2 heterocycles. The molecule has 2 rings (SSSR count). The number of hydrogen-bond acceptors (Lipinski definition) is 7. The van der Waals surface area contributed by atoms with Gasteiger partial charge in [-0.3, -0.25) is 0 Å². The molecule has 0 aliphatic rings. The lowest BCUT2D eigenvalue weighted by atomic mass is 10.4. The highest BCUT2D eigenvalue weighted by molar-refractivity contribution is 7.90. The summed E-state index contributed by atoms with van der Waals surface area (Å²) in [7, 11) is -2.08. The summed E-state index contributed by atoms with van der Waals surface area (Å²) in [6, 6.07) is 0. The monoisotopic (exact) mass is 282 g/mol. The Morgan fingerprint density at radius 2 is 2.00 bits per heavy atom. The van der Waals surface area contributed by atoms with Gasteiger partial charge in [0.25, 0.3) is 0 Å². The van der Waals surface area contributed by atoms with Gasteiger partial charge in [-0.15, -0.1) is 0 Å². The highest BCUT2D eigenvalue weighted by Gasteiger charge is 2.12. The third-order valence-electron chi connectivity index (χ3n) is 2.25. The quantitative estimate of drug-likeness (QED) is 0.721. The van der Waals surface area contributed by atoms with E-state index < -0.39 is 15.8 Å². The number of carbonyl (C=O) groups is 1. The number of carbonyl (C=O) groups excluding carboxylic acids is 1. The summed E-state index contributed by atoms with van der Waals surface area (Å²) in [5, 5.41) is 3.87. The van der Waals surface area contributed by atoms with E-state index in [0.717, 1.165) is 6.26 Å². The van der Waals surface area contributed by atoms with Gasteiger partial charge in [0.15, 0.2) is 21.3 Å². The summed E-state index contributed by atoms with van der Waals surface area (Å²) in [5.41, 5.74) is 0.0572. The second kappa shape index (κ2) is 4.76. The van der Waals surface area contributed by atoms with Gasteiger partial charge in [-0.1, -0.05) is 0 Å². The van der Waals surface area contributed by atoms with Crippen LogP contribution in [0.5, 0.6) is 0 Å². The molecule has 0 bridgehead atoms. The molecule has 100 valence electrons. The molecule has 0 spiro atoms. The van der Waals surface area contributed by atoms with Crippen LogP contribution in [0.2, 0.25) is 0 Å². The van der Waals surface area contributed by atoms with Crippen LogP contribution < -0.4 is 0 Å². The van der Waals surface area contributed by atoms with Gasteiger partial charge in [-0.05, 0) is 0 Å². The SMILES string of the molecule is COC(=O)c1cnc(-n2cc(S(C)(=O)=O)cn2)cn1.